The summed E-state index contributed by atoms with van der Waals surface area (Å²) in [6.45, 7) is 15.3. The Kier molecular flexibility index (Phi) is 5.65. The lowest BCUT2D eigenvalue weighted by molar-refractivity contribution is 0.0281. The first kappa shape index (κ1) is 18.2. The smallest absolute Gasteiger partial charge is 0.112 e. The van der Waals surface area contributed by atoms with Crippen LogP contribution in [0, 0.1) is 5.41 Å². The van der Waals surface area contributed by atoms with Crippen LogP contribution >= 0.6 is 0 Å². The van der Waals surface area contributed by atoms with E-state index in [1.165, 1.54) is 0 Å². The molecule has 5 heteroatoms. The third kappa shape index (κ3) is 7.12. The SMILES string of the molecule is [B]C(C)(C)OCCC(C)(C)n1cc(CCC(C)(C)C)nn1. The Balaban J connectivity index is 2.57. The zero-order valence-electron chi connectivity index (χ0n) is 14.7. The summed E-state index contributed by atoms with van der Waals surface area (Å²) in [5, 5.41) is 8.57. The fourth-order valence-electron chi connectivity index (χ4n) is 1.89. The van der Waals surface area contributed by atoms with Crippen LogP contribution < -0.4 is 0 Å². The molecule has 0 aliphatic heterocycles. The molecule has 0 bridgehead atoms. The molecule has 1 aromatic rings. The van der Waals surface area contributed by atoms with Gasteiger partial charge in [0.1, 0.15) is 7.85 Å². The van der Waals surface area contributed by atoms with E-state index in [0.717, 1.165) is 25.0 Å². The van der Waals surface area contributed by atoms with Gasteiger partial charge in [-0.3, -0.25) is 0 Å². The van der Waals surface area contributed by atoms with Crippen molar-refractivity contribution in [2.75, 3.05) is 6.61 Å². The van der Waals surface area contributed by atoms with E-state index in [4.69, 9.17) is 12.6 Å². The molecule has 0 spiro atoms. The van der Waals surface area contributed by atoms with Gasteiger partial charge in [-0.05, 0) is 52.4 Å². The lowest BCUT2D eigenvalue weighted by Gasteiger charge is -2.27. The monoisotopic (exact) mass is 291 g/mol. The number of aromatic nitrogens is 3. The molecule has 0 saturated carbocycles. The lowest BCUT2D eigenvalue weighted by atomic mass is 9.85. The van der Waals surface area contributed by atoms with Crippen molar-refractivity contribution in [1.82, 2.24) is 15.0 Å². The van der Waals surface area contributed by atoms with Crippen molar-refractivity contribution in [3.63, 3.8) is 0 Å². The van der Waals surface area contributed by atoms with E-state index >= 15 is 0 Å². The number of rotatable bonds is 7. The molecule has 0 aromatic carbocycles. The Morgan fingerprint density at radius 2 is 1.71 bits per heavy atom. The van der Waals surface area contributed by atoms with Crippen LogP contribution in [0.25, 0.3) is 0 Å². The van der Waals surface area contributed by atoms with Crippen LogP contribution in [0.3, 0.4) is 0 Å². The van der Waals surface area contributed by atoms with Crippen molar-refractivity contribution in [2.24, 2.45) is 5.41 Å². The Hall–Kier alpha value is -0.835. The highest BCUT2D eigenvalue weighted by atomic mass is 16.5. The normalized spacial score (nSPS) is 13.7. The maximum Gasteiger partial charge on any atom is 0.112 e. The summed E-state index contributed by atoms with van der Waals surface area (Å²) >= 11 is 0. The summed E-state index contributed by atoms with van der Waals surface area (Å²) in [5.41, 5.74) is 0.659. The summed E-state index contributed by atoms with van der Waals surface area (Å²) in [6.07, 6.45) is 4.97. The van der Waals surface area contributed by atoms with Crippen molar-refractivity contribution in [3.05, 3.63) is 11.9 Å². The predicted octanol–water partition coefficient (Wildman–Crippen LogP) is 3.30. The number of nitrogens with zero attached hydrogens (tertiary/aromatic N) is 3. The minimum atomic E-state index is -0.587. The summed E-state index contributed by atoms with van der Waals surface area (Å²) < 4.78 is 7.54. The molecule has 0 fully saturated rings. The summed E-state index contributed by atoms with van der Waals surface area (Å²) in [4.78, 5) is 0. The van der Waals surface area contributed by atoms with Crippen molar-refractivity contribution < 1.29 is 4.74 Å². The summed E-state index contributed by atoms with van der Waals surface area (Å²) in [6, 6.07) is 0. The second kappa shape index (κ2) is 6.51. The van der Waals surface area contributed by atoms with Crippen LogP contribution in [-0.2, 0) is 16.7 Å². The van der Waals surface area contributed by atoms with Gasteiger partial charge in [0.2, 0.25) is 0 Å². The van der Waals surface area contributed by atoms with Crippen molar-refractivity contribution >= 4 is 7.85 Å². The zero-order valence-corrected chi connectivity index (χ0v) is 14.7. The van der Waals surface area contributed by atoms with Gasteiger partial charge in [-0.1, -0.05) is 26.0 Å². The molecule has 0 unspecified atom stereocenters. The predicted molar refractivity (Wildman–Crippen MR) is 87.5 cm³/mol. The fourth-order valence-corrected chi connectivity index (χ4v) is 1.89. The first-order valence-corrected chi connectivity index (χ1v) is 7.74. The van der Waals surface area contributed by atoms with Crippen LogP contribution in [0.4, 0.5) is 0 Å². The van der Waals surface area contributed by atoms with Gasteiger partial charge in [0.05, 0.1) is 11.2 Å². The van der Waals surface area contributed by atoms with E-state index in [2.05, 4.69) is 51.1 Å². The van der Waals surface area contributed by atoms with E-state index in [0.29, 0.717) is 12.0 Å². The number of aryl methyl sites for hydroxylation is 1. The lowest BCUT2D eigenvalue weighted by Crippen LogP contribution is -2.32. The van der Waals surface area contributed by atoms with E-state index in [1.54, 1.807) is 0 Å². The van der Waals surface area contributed by atoms with Gasteiger partial charge in [-0.15, -0.1) is 5.10 Å². The van der Waals surface area contributed by atoms with Crippen molar-refractivity contribution in [2.45, 2.75) is 78.8 Å². The molecule has 0 amide bonds. The van der Waals surface area contributed by atoms with Crippen LogP contribution in [0.1, 0.15) is 67.0 Å². The van der Waals surface area contributed by atoms with Gasteiger partial charge in [0.25, 0.3) is 0 Å². The molecule has 118 valence electrons. The molecule has 21 heavy (non-hydrogen) atoms. The quantitative estimate of drug-likeness (QED) is 0.724. The Bertz CT molecular complexity index is 441. The van der Waals surface area contributed by atoms with Crippen molar-refractivity contribution in [3.8, 4) is 0 Å². The van der Waals surface area contributed by atoms with E-state index < -0.39 is 5.50 Å². The Morgan fingerprint density at radius 3 is 2.24 bits per heavy atom. The van der Waals surface area contributed by atoms with Gasteiger partial charge in [0, 0.05) is 18.3 Å². The van der Waals surface area contributed by atoms with E-state index in [9.17, 15) is 0 Å². The Morgan fingerprint density at radius 1 is 1.10 bits per heavy atom. The highest BCUT2D eigenvalue weighted by Crippen LogP contribution is 2.23. The molecule has 2 radical (unpaired) electrons. The summed E-state index contributed by atoms with van der Waals surface area (Å²) in [7, 11) is 5.83. The average molecular weight is 291 g/mol. The van der Waals surface area contributed by atoms with Crippen LogP contribution in [0.2, 0.25) is 0 Å². The molecule has 1 heterocycles. The van der Waals surface area contributed by atoms with Gasteiger partial charge in [0.15, 0.2) is 0 Å². The molecule has 0 N–H and O–H groups in total. The molecular formula is C16H30BN3O. The first-order valence-electron chi connectivity index (χ1n) is 7.74. The van der Waals surface area contributed by atoms with Gasteiger partial charge in [-0.2, -0.15) is 0 Å². The highest BCUT2D eigenvalue weighted by Gasteiger charge is 2.23. The zero-order chi connectivity index (χ0) is 16.3. The van der Waals surface area contributed by atoms with E-state index in [1.807, 2.05) is 18.5 Å². The number of hydrogen-bond donors (Lipinski definition) is 0. The molecular weight excluding hydrogens is 261 g/mol. The molecule has 0 aliphatic carbocycles. The minimum absolute atomic E-state index is 0.127. The standard InChI is InChI=1S/C16H30BN3O/c1-14(2,3)9-8-13-12-20(19-18-13)15(4,5)10-11-21-16(6,7)17/h12H,8-11H2,1-7H3. The summed E-state index contributed by atoms with van der Waals surface area (Å²) in [5.74, 6) is 0. The third-order valence-corrected chi connectivity index (χ3v) is 3.48. The largest absolute Gasteiger partial charge is 0.385 e. The number of ether oxygens (including phenoxy) is 1. The molecule has 0 atom stereocenters. The van der Waals surface area contributed by atoms with Crippen LogP contribution in [-0.4, -0.2) is 34.9 Å². The minimum Gasteiger partial charge on any atom is -0.385 e. The second-order valence-corrected chi connectivity index (χ2v) is 8.23. The van der Waals surface area contributed by atoms with Gasteiger partial charge >= 0.3 is 0 Å². The molecule has 0 aliphatic rings. The maximum absolute atomic E-state index is 5.83. The third-order valence-electron chi connectivity index (χ3n) is 3.48. The average Bonchev–Trinajstić information content (AvgIpc) is 2.72. The molecule has 0 saturated heterocycles. The van der Waals surface area contributed by atoms with Crippen molar-refractivity contribution in [1.29, 1.82) is 0 Å². The topological polar surface area (TPSA) is 39.9 Å². The molecule has 1 aromatic heterocycles. The fraction of sp³-hybridized carbons (Fsp3) is 0.875. The molecule has 4 nitrogen and oxygen atoms in total. The van der Waals surface area contributed by atoms with Gasteiger partial charge < -0.3 is 4.74 Å². The van der Waals surface area contributed by atoms with E-state index in [-0.39, 0.29) is 5.54 Å². The Labute approximate surface area is 131 Å². The first-order chi connectivity index (χ1) is 9.39. The highest BCUT2D eigenvalue weighted by molar-refractivity contribution is 6.13. The second-order valence-electron chi connectivity index (χ2n) is 8.23. The van der Waals surface area contributed by atoms with Crippen LogP contribution in [0.5, 0.6) is 0 Å². The maximum atomic E-state index is 5.83. The number of hydrogen-bond acceptors (Lipinski definition) is 3. The molecule has 1 rings (SSSR count). The van der Waals surface area contributed by atoms with Gasteiger partial charge in [-0.25, -0.2) is 4.68 Å². The van der Waals surface area contributed by atoms with Crippen LogP contribution in [0.15, 0.2) is 6.20 Å².